The smallest absolute Gasteiger partial charge is 0.227 e. The number of aryl methyl sites for hydroxylation is 1. The molecule has 0 radical (unpaired) electrons. The third-order valence-corrected chi connectivity index (χ3v) is 3.49. The van der Waals surface area contributed by atoms with E-state index in [-0.39, 0.29) is 12.0 Å². The number of halogens is 1. The molecule has 2 rings (SSSR count). The third-order valence-electron chi connectivity index (χ3n) is 2.84. The lowest BCUT2D eigenvalue weighted by Gasteiger charge is -2.11. The highest BCUT2D eigenvalue weighted by atomic mass is 79.9. The number of benzene rings is 1. The van der Waals surface area contributed by atoms with Gasteiger partial charge in [-0.15, -0.1) is 0 Å². The first-order valence-electron chi connectivity index (χ1n) is 5.83. The van der Waals surface area contributed by atoms with Crippen LogP contribution in [0, 0.1) is 6.92 Å². The van der Waals surface area contributed by atoms with Gasteiger partial charge in [-0.2, -0.15) is 0 Å². The maximum atomic E-state index is 11.8. The van der Waals surface area contributed by atoms with Crippen LogP contribution in [0.1, 0.15) is 24.8 Å². The zero-order valence-electron chi connectivity index (χ0n) is 9.83. The van der Waals surface area contributed by atoms with Crippen LogP contribution in [0.15, 0.2) is 22.7 Å². The number of hydrogen-bond acceptors (Lipinski definition) is 2. The molecular formula is C13H16BrNO2. The topological polar surface area (TPSA) is 38.3 Å². The Morgan fingerprint density at radius 3 is 3.06 bits per heavy atom. The van der Waals surface area contributed by atoms with Crippen molar-refractivity contribution in [2.45, 2.75) is 32.3 Å². The van der Waals surface area contributed by atoms with E-state index in [4.69, 9.17) is 4.74 Å². The second-order valence-electron chi connectivity index (χ2n) is 4.37. The van der Waals surface area contributed by atoms with Crippen molar-refractivity contribution in [3.8, 4) is 0 Å². The minimum absolute atomic E-state index is 0.0152. The van der Waals surface area contributed by atoms with Crippen molar-refractivity contribution >= 4 is 27.5 Å². The SMILES string of the molecule is Cc1ccc(NC(=O)CC2CCCO2)c(Br)c1. The predicted molar refractivity (Wildman–Crippen MR) is 71.1 cm³/mol. The van der Waals surface area contributed by atoms with Crippen molar-refractivity contribution in [2.75, 3.05) is 11.9 Å². The van der Waals surface area contributed by atoms with Gasteiger partial charge >= 0.3 is 0 Å². The summed E-state index contributed by atoms with van der Waals surface area (Å²) in [4.78, 5) is 11.8. The Kier molecular flexibility index (Phi) is 4.18. The van der Waals surface area contributed by atoms with E-state index in [2.05, 4.69) is 21.2 Å². The number of anilines is 1. The van der Waals surface area contributed by atoms with Crippen LogP contribution in [-0.4, -0.2) is 18.6 Å². The van der Waals surface area contributed by atoms with Crippen molar-refractivity contribution in [3.05, 3.63) is 28.2 Å². The van der Waals surface area contributed by atoms with Crippen LogP contribution in [0.4, 0.5) is 5.69 Å². The lowest BCUT2D eigenvalue weighted by atomic mass is 10.1. The minimum Gasteiger partial charge on any atom is -0.378 e. The van der Waals surface area contributed by atoms with Gasteiger partial charge in [0.15, 0.2) is 0 Å². The molecule has 92 valence electrons. The number of carbonyl (C=O) groups excluding carboxylic acids is 1. The Bertz CT molecular complexity index is 414. The number of nitrogens with one attached hydrogen (secondary N) is 1. The molecule has 3 nitrogen and oxygen atoms in total. The van der Waals surface area contributed by atoms with E-state index in [1.165, 1.54) is 0 Å². The van der Waals surface area contributed by atoms with Gasteiger partial charge in [-0.3, -0.25) is 4.79 Å². The highest BCUT2D eigenvalue weighted by Crippen LogP contribution is 2.24. The van der Waals surface area contributed by atoms with E-state index in [9.17, 15) is 4.79 Å². The van der Waals surface area contributed by atoms with Gasteiger partial charge in [0, 0.05) is 11.1 Å². The Morgan fingerprint density at radius 1 is 1.59 bits per heavy atom. The average molecular weight is 298 g/mol. The third kappa shape index (κ3) is 3.54. The summed E-state index contributed by atoms with van der Waals surface area (Å²) in [5.41, 5.74) is 1.98. The Labute approximate surface area is 110 Å². The summed E-state index contributed by atoms with van der Waals surface area (Å²) >= 11 is 3.44. The maximum absolute atomic E-state index is 11.8. The molecule has 1 heterocycles. The monoisotopic (exact) mass is 297 g/mol. The van der Waals surface area contributed by atoms with Gasteiger partial charge in [0.25, 0.3) is 0 Å². The molecule has 0 aliphatic carbocycles. The quantitative estimate of drug-likeness (QED) is 0.930. The minimum atomic E-state index is 0.0152. The molecule has 17 heavy (non-hydrogen) atoms. The molecule has 4 heteroatoms. The molecule has 1 atom stereocenters. The molecule has 1 N–H and O–H groups in total. The largest absolute Gasteiger partial charge is 0.378 e. The van der Waals surface area contributed by atoms with Crippen LogP contribution >= 0.6 is 15.9 Å². The van der Waals surface area contributed by atoms with Crippen molar-refractivity contribution in [1.29, 1.82) is 0 Å². The molecule has 1 saturated heterocycles. The van der Waals surface area contributed by atoms with Gasteiger partial charge in [-0.1, -0.05) is 6.07 Å². The highest BCUT2D eigenvalue weighted by molar-refractivity contribution is 9.10. The van der Waals surface area contributed by atoms with E-state index in [1.807, 2.05) is 25.1 Å². The molecule has 0 spiro atoms. The molecule has 1 unspecified atom stereocenters. The normalized spacial score (nSPS) is 19.3. The first-order chi connectivity index (χ1) is 8.15. The van der Waals surface area contributed by atoms with Gasteiger partial charge < -0.3 is 10.1 Å². The molecule has 1 aliphatic rings. The summed E-state index contributed by atoms with van der Waals surface area (Å²) in [5.74, 6) is 0.0152. The lowest BCUT2D eigenvalue weighted by molar-refractivity contribution is -0.118. The number of carbonyl (C=O) groups is 1. The second kappa shape index (κ2) is 5.65. The van der Waals surface area contributed by atoms with E-state index < -0.39 is 0 Å². The number of hydrogen-bond donors (Lipinski definition) is 1. The van der Waals surface area contributed by atoms with E-state index in [1.54, 1.807) is 0 Å². The fourth-order valence-corrected chi connectivity index (χ4v) is 2.53. The zero-order chi connectivity index (χ0) is 12.3. The summed E-state index contributed by atoms with van der Waals surface area (Å²) in [6.07, 6.45) is 2.59. The molecule has 1 aromatic carbocycles. The summed E-state index contributed by atoms with van der Waals surface area (Å²) in [6.45, 7) is 2.80. The molecule has 1 aliphatic heterocycles. The predicted octanol–water partition coefficient (Wildman–Crippen LogP) is 3.27. The molecule has 1 fully saturated rings. The van der Waals surface area contributed by atoms with Crippen LogP contribution in [0.3, 0.4) is 0 Å². The van der Waals surface area contributed by atoms with Crippen LogP contribution in [0.2, 0.25) is 0 Å². The maximum Gasteiger partial charge on any atom is 0.227 e. The van der Waals surface area contributed by atoms with E-state index in [0.29, 0.717) is 6.42 Å². The van der Waals surface area contributed by atoms with E-state index >= 15 is 0 Å². The molecule has 0 saturated carbocycles. The van der Waals surface area contributed by atoms with Gasteiger partial charge in [0.2, 0.25) is 5.91 Å². The van der Waals surface area contributed by atoms with Gasteiger partial charge in [-0.05, 0) is 53.4 Å². The van der Waals surface area contributed by atoms with E-state index in [0.717, 1.165) is 35.2 Å². The Hall–Kier alpha value is -0.870. The Balaban J connectivity index is 1.93. The van der Waals surface area contributed by atoms with Crippen molar-refractivity contribution in [2.24, 2.45) is 0 Å². The summed E-state index contributed by atoms with van der Waals surface area (Å²) in [6, 6.07) is 5.88. The van der Waals surface area contributed by atoms with Crippen LogP contribution < -0.4 is 5.32 Å². The summed E-state index contributed by atoms with van der Waals surface area (Å²) in [5, 5.41) is 2.90. The second-order valence-corrected chi connectivity index (χ2v) is 5.22. The van der Waals surface area contributed by atoms with Crippen LogP contribution in [0.5, 0.6) is 0 Å². The van der Waals surface area contributed by atoms with Gasteiger partial charge in [0.1, 0.15) is 0 Å². The Morgan fingerprint density at radius 2 is 2.41 bits per heavy atom. The van der Waals surface area contributed by atoms with Crippen molar-refractivity contribution < 1.29 is 9.53 Å². The molecular weight excluding hydrogens is 282 g/mol. The number of amides is 1. The first kappa shape index (κ1) is 12.6. The van der Waals surface area contributed by atoms with Crippen molar-refractivity contribution in [1.82, 2.24) is 0 Å². The van der Waals surface area contributed by atoms with Crippen LogP contribution in [0.25, 0.3) is 0 Å². The highest BCUT2D eigenvalue weighted by Gasteiger charge is 2.19. The average Bonchev–Trinajstić information content (AvgIpc) is 2.75. The summed E-state index contributed by atoms with van der Waals surface area (Å²) < 4.78 is 6.35. The first-order valence-corrected chi connectivity index (χ1v) is 6.62. The molecule has 0 bridgehead atoms. The summed E-state index contributed by atoms with van der Waals surface area (Å²) in [7, 11) is 0. The lowest BCUT2D eigenvalue weighted by Crippen LogP contribution is -2.19. The molecule has 0 aromatic heterocycles. The van der Waals surface area contributed by atoms with Crippen LogP contribution in [-0.2, 0) is 9.53 Å². The van der Waals surface area contributed by atoms with Gasteiger partial charge in [-0.25, -0.2) is 0 Å². The fourth-order valence-electron chi connectivity index (χ4n) is 1.93. The molecule has 1 aromatic rings. The number of ether oxygens (including phenoxy) is 1. The molecule has 1 amide bonds. The standard InChI is InChI=1S/C13H16BrNO2/c1-9-4-5-12(11(14)7-9)15-13(16)8-10-3-2-6-17-10/h4-5,7,10H,2-3,6,8H2,1H3,(H,15,16). The fraction of sp³-hybridized carbons (Fsp3) is 0.462. The van der Waals surface area contributed by atoms with Crippen molar-refractivity contribution in [3.63, 3.8) is 0 Å². The number of rotatable bonds is 3. The van der Waals surface area contributed by atoms with Gasteiger partial charge in [0.05, 0.1) is 18.2 Å². The zero-order valence-corrected chi connectivity index (χ0v) is 11.4.